The molecule has 2 aromatic rings. The first kappa shape index (κ1) is 16.6. The molecule has 0 unspecified atom stereocenters. The average molecular weight is 361 g/mol. The summed E-state index contributed by atoms with van der Waals surface area (Å²) in [5.41, 5.74) is 1.71. The van der Waals surface area contributed by atoms with Gasteiger partial charge >= 0.3 is 0 Å². The van der Waals surface area contributed by atoms with E-state index in [0.29, 0.717) is 30.6 Å². The maximum atomic E-state index is 12.9. The molecule has 1 N–H and O–H groups in total. The van der Waals surface area contributed by atoms with E-state index in [9.17, 15) is 13.2 Å². The number of nitrogens with one attached hydrogen (secondary N) is 1. The standard InChI is InChI=1S/C18H23N3O3S/c22-18(16-13-19-17-4-2-1-3-15(16)17)21-9-7-20(8-10-21)14-5-11-25(23,24)12-6-14/h1-4,13-14,19H,5-12H2. The van der Waals surface area contributed by atoms with Crippen LogP contribution in [-0.4, -0.2) is 72.8 Å². The Kier molecular flexibility index (Phi) is 4.29. The Balaban J connectivity index is 1.39. The average Bonchev–Trinajstić information content (AvgIpc) is 3.05. The largest absolute Gasteiger partial charge is 0.360 e. The maximum absolute atomic E-state index is 12.9. The van der Waals surface area contributed by atoms with Crippen LogP contribution in [-0.2, 0) is 9.84 Å². The third-order valence-corrected chi connectivity index (χ3v) is 7.18. The monoisotopic (exact) mass is 361 g/mol. The summed E-state index contributed by atoms with van der Waals surface area (Å²) in [7, 11) is -2.82. The Morgan fingerprint density at radius 2 is 1.72 bits per heavy atom. The zero-order valence-electron chi connectivity index (χ0n) is 14.1. The van der Waals surface area contributed by atoms with E-state index >= 15 is 0 Å². The molecule has 0 saturated carbocycles. The molecule has 0 aliphatic carbocycles. The van der Waals surface area contributed by atoms with Crippen molar-refractivity contribution < 1.29 is 13.2 Å². The number of H-pyrrole nitrogens is 1. The van der Waals surface area contributed by atoms with E-state index in [0.717, 1.165) is 42.4 Å². The van der Waals surface area contributed by atoms with Crippen molar-refractivity contribution in [2.75, 3.05) is 37.7 Å². The molecule has 2 fully saturated rings. The van der Waals surface area contributed by atoms with E-state index in [-0.39, 0.29) is 5.91 Å². The second-order valence-corrected chi connectivity index (χ2v) is 9.26. The number of piperazine rings is 1. The SMILES string of the molecule is O=C(c1c[nH]c2ccccc12)N1CCN(C2CCS(=O)(=O)CC2)CC1. The third-order valence-electron chi connectivity index (χ3n) is 5.46. The molecule has 0 radical (unpaired) electrons. The summed E-state index contributed by atoms with van der Waals surface area (Å²) < 4.78 is 23.2. The van der Waals surface area contributed by atoms with Crippen LogP contribution in [0.4, 0.5) is 0 Å². The summed E-state index contributed by atoms with van der Waals surface area (Å²) in [6, 6.07) is 8.19. The number of nitrogens with zero attached hydrogens (tertiary/aromatic N) is 2. The normalized spacial score (nSPS) is 22.3. The molecule has 0 bridgehead atoms. The van der Waals surface area contributed by atoms with Crippen LogP contribution in [0.15, 0.2) is 30.5 Å². The Morgan fingerprint density at radius 3 is 2.44 bits per heavy atom. The lowest BCUT2D eigenvalue weighted by molar-refractivity contribution is 0.0559. The van der Waals surface area contributed by atoms with Gasteiger partial charge < -0.3 is 9.88 Å². The van der Waals surface area contributed by atoms with E-state index in [4.69, 9.17) is 0 Å². The number of benzene rings is 1. The Hall–Kier alpha value is -1.86. The lowest BCUT2D eigenvalue weighted by atomic mass is 10.1. The molecule has 2 aliphatic rings. The van der Waals surface area contributed by atoms with Crippen LogP contribution in [0, 0.1) is 0 Å². The summed E-state index contributed by atoms with van der Waals surface area (Å²) in [6.45, 7) is 3.03. The number of amides is 1. The summed E-state index contributed by atoms with van der Waals surface area (Å²) in [4.78, 5) is 20.3. The van der Waals surface area contributed by atoms with E-state index in [1.54, 1.807) is 6.20 Å². The minimum Gasteiger partial charge on any atom is -0.360 e. The summed E-state index contributed by atoms with van der Waals surface area (Å²) in [6.07, 6.45) is 3.24. The Labute approximate surface area is 147 Å². The summed E-state index contributed by atoms with van der Waals surface area (Å²) >= 11 is 0. The van der Waals surface area contributed by atoms with Crippen molar-refractivity contribution in [1.82, 2.24) is 14.8 Å². The highest BCUT2D eigenvalue weighted by Crippen LogP contribution is 2.22. The van der Waals surface area contributed by atoms with Crippen LogP contribution >= 0.6 is 0 Å². The highest BCUT2D eigenvalue weighted by Gasteiger charge is 2.31. The van der Waals surface area contributed by atoms with E-state index in [1.165, 1.54) is 0 Å². The molecule has 7 heteroatoms. The molecule has 4 rings (SSSR count). The smallest absolute Gasteiger partial charge is 0.256 e. The van der Waals surface area contributed by atoms with Crippen LogP contribution in [0.5, 0.6) is 0 Å². The van der Waals surface area contributed by atoms with Crippen molar-refractivity contribution in [3.05, 3.63) is 36.0 Å². The number of hydrogen-bond acceptors (Lipinski definition) is 4. The number of fused-ring (bicyclic) bond motifs is 1. The van der Waals surface area contributed by atoms with E-state index in [1.807, 2.05) is 29.2 Å². The first-order valence-corrected chi connectivity index (χ1v) is 10.7. The lowest BCUT2D eigenvalue weighted by Gasteiger charge is -2.40. The van der Waals surface area contributed by atoms with E-state index in [2.05, 4.69) is 9.88 Å². The molecule has 2 aliphatic heterocycles. The second-order valence-electron chi connectivity index (χ2n) is 6.96. The number of aromatic amines is 1. The molecule has 25 heavy (non-hydrogen) atoms. The van der Waals surface area contributed by atoms with Crippen molar-refractivity contribution in [2.45, 2.75) is 18.9 Å². The molecule has 1 aromatic heterocycles. The summed E-state index contributed by atoms with van der Waals surface area (Å²) in [5.74, 6) is 0.668. The van der Waals surface area contributed by atoms with Crippen molar-refractivity contribution >= 4 is 26.6 Å². The predicted molar refractivity (Wildman–Crippen MR) is 97.5 cm³/mol. The summed E-state index contributed by atoms with van der Waals surface area (Å²) in [5, 5.41) is 0.965. The quantitative estimate of drug-likeness (QED) is 0.880. The topological polar surface area (TPSA) is 73.5 Å². The number of rotatable bonds is 2. The fourth-order valence-electron chi connectivity index (χ4n) is 3.95. The van der Waals surface area contributed by atoms with Crippen LogP contribution in [0.2, 0.25) is 0 Å². The lowest BCUT2D eigenvalue weighted by Crippen LogP contribution is -2.53. The molecular weight excluding hydrogens is 338 g/mol. The van der Waals surface area contributed by atoms with Gasteiger partial charge in [0.2, 0.25) is 0 Å². The highest BCUT2D eigenvalue weighted by molar-refractivity contribution is 7.91. The minimum absolute atomic E-state index is 0.0725. The van der Waals surface area contributed by atoms with Gasteiger partial charge in [0.1, 0.15) is 9.84 Å². The number of hydrogen-bond donors (Lipinski definition) is 1. The first-order chi connectivity index (χ1) is 12.0. The molecule has 134 valence electrons. The van der Waals surface area contributed by atoms with Crippen molar-refractivity contribution in [3.63, 3.8) is 0 Å². The molecule has 0 atom stereocenters. The van der Waals surface area contributed by atoms with E-state index < -0.39 is 9.84 Å². The van der Waals surface area contributed by atoms with Gasteiger partial charge in [-0.2, -0.15) is 0 Å². The third kappa shape index (κ3) is 3.30. The molecule has 3 heterocycles. The van der Waals surface area contributed by atoms with Crippen LogP contribution in [0.3, 0.4) is 0 Å². The molecule has 2 saturated heterocycles. The zero-order chi connectivity index (χ0) is 17.4. The van der Waals surface area contributed by atoms with Gasteiger partial charge in [-0.1, -0.05) is 18.2 Å². The number of aromatic nitrogens is 1. The van der Waals surface area contributed by atoms with Crippen LogP contribution in [0.1, 0.15) is 23.2 Å². The number of carbonyl (C=O) groups is 1. The fraction of sp³-hybridized carbons (Fsp3) is 0.500. The number of carbonyl (C=O) groups excluding carboxylic acids is 1. The molecule has 1 amide bonds. The van der Waals surface area contributed by atoms with Gasteiger partial charge in [-0.3, -0.25) is 9.69 Å². The zero-order valence-corrected chi connectivity index (χ0v) is 15.0. The van der Waals surface area contributed by atoms with Gasteiger partial charge in [-0.15, -0.1) is 0 Å². The van der Waals surface area contributed by atoms with Gasteiger partial charge in [-0.05, 0) is 18.9 Å². The van der Waals surface area contributed by atoms with Crippen molar-refractivity contribution in [2.24, 2.45) is 0 Å². The fourth-order valence-corrected chi connectivity index (χ4v) is 5.42. The van der Waals surface area contributed by atoms with Crippen LogP contribution < -0.4 is 0 Å². The maximum Gasteiger partial charge on any atom is 0.256 e. The Bertz CT molecular complexity index is 868. The van der Waals surface area contributed by atoms with Gasteiger partial charge in [-0.25, -0.2) is 8.42 Å². The minimum atomic E-state index is -2.82. The molecule has 0 spiro atoms. The van der Waals surface area contributed by atoms with Gasteiger partial charge in [0.15, 0.2) is 0 Å². The van der Waals surface area contributed by atoms with Gasteiger partial charge in [0, 0.05) is 49.3 Å². The second kappa shape index (κ2) is 6.46. The predicted octanol–water partition coefficient (Wildman–Crippen LogP) is 1.50. The van der Waals surface area contributed by atoms with Crippen molar-refractivity contribution in [3.8, 4) is 0 Å². The highest BCUT2D eigenvalue weighted by atomic mass is 32.2. The van der Waals surface area contributed by atoms with Gasteiger partial charge in [0.05, 0.1) is 17.1 Å². The molecule has 1 aromatic carbocycles. The number of sulfone groups is 1. The van der Waals surface area contributed by atoms with Crippen LogP contribution in [0.25, 0.3) is 10.9 Å². The Morgan fingerprint density at radius 1 is 1.04 bits per heavy atom. The van der Waals surface area contributed by atoms with Gasteiger partial charge in [0.25, 0.3) is 5.91 Å². The number of para-hydroxylation sites is 1. The first-order valence-electron chi connectivity index (χ1n) is 8.83. The molecular formula is C18H23N3O3S. The van der Waals surface area contributed by atoms with Crippen molar-refractivity contribution in [1.29, 1.82) is 0 Å². The molecule has 6 nitrogen and oxygen atoms in total.